The summed E-state index contributed by atoms with van der Waals surface area (Å²) in [6, 6.07) is 17.8. The number of nitrogen functional groups attached to an aromatic ring is 1. The van der Waals surface area contributed by atoms with Crippen LogP contribution in [-0.4, -0.2) is 9.57 Å². The van der Waals surface area contributed by atoms with Crippen molar-refractivity contribution in [3.63, 3.8) is 0 Å². The maximum Gasteiger partial charge on any atom is 0.223 e. The number of ketones is 1. The maximum atomic E-state index is 12.3. The van der Waals surface area contributed by atoms with Crippen LogP contribution < -0.4 is 5.73 Å². The zero-order valence-corrected chi connectivity index (χ0v) is 16.6. The van der Waals surface area contributed by atoms with Crippen molar-refractivity contribution in [3.05, 3.63) is 65.7 Å². The van der Waals surface area contributed by atoms with Gasteiger partial charge in [0.2, 0.25) is 3.79 Å². The monoisotopic (exact) mass is 463 g/mol. The molecule has 130 valence electrons. The van der Waals surface area contributed by atoms with Crippen molar-refractivity contribution >= 4 is 80.9 Å². The van der Waals surface area contributed by atoms with E-state index in [1.807, 2.05) is 42.5 Å². The lowest BCUT2D eigenvalue weighted by Gasteiger charge is -2.17. The first-order valence-corrected chi connectivity index (χ1v) is 9.68. The van der Waals surface area contributed by atoms with Crippen molar-refractivity contribution in [1.82, 2.24) is 0 Å². The molecule has 0 aliphatic rings. The van der Waals surface area contributed by atoms with Crippen LogP contribution >= 0.6 is 22.6 Å². The second-order valence-corrected chi connectivity index (χ2v) is 7.85. The smallest absolute Gasteiger partial charge is 0.223 e. The van der Waals surface area contributed by atoms with Gasteiger partial charge in [-0.3, -0.25) is 9.59 Å². The molecule has 0 fully saturated rings. The molecular formula is C23H14INO2. The first kappa shape index (κ1) is 16.4. The van der Waals surface area contributed by atoms with Gasteiger partial charge in [0.05, 0.1) is 0 Å². The van der Waals surface area contributed by atoms with Crippen LogP contribution in [0.4, 0.5) is 5.69 Å². The van der Waals surface area contributed by atoms with Gasteiger partial charge in [-0.2, -0.15) is 0 Å². The molecule has 27 heavy (non-hydrogen) atoms. The Balaban J connectivity index is 2.20. The number of nitrogens with two attached hydrogens (primary N) is 1. The fourth-order valence-corrected chi connectivity index (χ4v) is 4.74. The molecule has 5 aromatic rings. The summed E-state index contributed by atoms with van der Waals surface area (Å²) in [4.78, 5) is 24.6. The largest absolute Gasteiger partial charge is 0.399 e. The first-order valence-electron chi connectivity index (χ1n) is 8.61. The van der Waals surface area contributed by atoms with Gasteiger partial charge in [0, 0.05) is 44.8 Å². The highest BCUT2D eigenvalue weighted by molar-refractivity contribution is 14.1. The van der Waals surface area contributed by atoms with Crippen molar-refractivity contribution in [1.29, 1.82) is 0 Å². The molecule has 2 N–H and O–H groups in total. The number of hydrogen-bond acceptors (Lipinski definition) is 3. The molecule has 0 unspecified atom stereocenters. The van der Waals surface area contributed by atoms with Crippen LogP contribution in [0.5, 0.6) is 0 Å². The van der Waals surface area contributed by atoms with Crippen LogP contribution in [0.1, 0.15) is 27.6 Å². The molecule has 0 saturated carbocycles. The maximum absolute atomic E-state index is 12.3. The fourth-order valence-electron chi connectivity index (χ4n) is 4.29. The topological polar surface area (TPSA) is 60.2 Å². The van der Waals surface area contributed by atoms with E-state index in [9.17, 15) is 9.59 Å². The average molecular weight is 463 g/mol. The Hall–Kier alpha value is -2.73. The number of benzene rings is 5. The summed E-state index contributed by atoms with van der Waals surface area (Å²) in [5, 5.41) is 8.15. The Morgan fingerprint density at radius 3 is 2.15 bits per heavy atom. The fraction of sp³-hybridized carbons (Fsp3) is 0.0435. The summed E-state index contributed by atoms with van der Waals surface area (Å²) in [6.45, 7) is 1.54. The van der Waals surface area contributed by atoms with Gasteiger partial charge in [-0.1, -0.05) is 36.4 Å². The Kier molecular flexibility index (Phi) is 3.43. The summed E-state index contributed by atoms with van der Waals surface area (Å²) in [5.74, 6) is -0.0471. The Morgan fingerprint density at radius 1 is 0.778 bits per heavy atom. The Labute approximate surface area is 168 Å². The van der Waals surface area contributed by atoms with Crippen molar-refractivity contribution in [2.24, 2.45) is 0 Å². The SMILES string of the molecule is CC(=O)c1ccc2c3cc(N)cc4cccc(c5ccc(C(=O)I)c1c52)c43. The molecule has 0 aromatic heterocycles. The zero-order valence-electron chi connectivity index (χ0n) is 14.5. The zero-order chi connectivity index (χ0) is 18.9. The first-order chi connectivity index (χ1) is 13.0. The van der Waals surface area contributed by atoms with Gasteiger partial charge >= 0.3 is 0 Å². The van der Waals surface area contributed by atoms with Gasteiger partial charge < -0.3 is 5.73 Å². The van der Waals surface area contributed by atoms with E-state index < -0.39 is 0 Å². The van der Waals surface area contributed by atoms with E-state index in [4.69, 9.17) is 5.73 Å². The van der Waals surface area contributed by atoms with E-state index in [-0.39, 0.29) is 9.57 Å². The molecule has 3 nitrogen and oxygen atoms in total. The normalized spacial score (nSPS) is 11.8. The van der Waals surface area contributed by atoms with Crippen LogP contribution in [0, 0.1) is 0 Å². The minimum absolute atomic E-state index is 0.0471. The Morgan fingerprint density at radius 2 is 1.44 bits per heavy atom. The standard InChI is InChI=1S/C23H14INO2/c1-11(26)14-5-6-17-19-10-13(25)9-12-3-2-4-15(20(12)19)16-7-8-18(23(24)27)21(14)22(16)17/h2-10H,25H2,1H3. The number of carbonyl (C=O) groups is 2. The lowest BCUT2D eigenvalue weighted by atomic mass is 9.86. The van der Waals surface area contributed by atoms with Gasteiger partial charge in [-0.25, -0.2) is 0 Å². The van der Waals surface area contributed by atoms with E-state index >= 15 is 0 Å². The number of fused-ring (bicyclic) bond motifs is 2. The molecule has 0 radical (unpaired) electrons. The number of carbonyl (C=O) groups excluding carboxylic acids is 2. The van der Waals surface area contributed by atoms with Gasteiger partial charge in [0.25, 0.3) is 0 Å². The van der Waals surface area contributed by atoms with E-state index in [2.05, 4.69) is 12.1 Å². The minimum Gasteiger partial charge on any atom is -0.399 e. The van der Waals surface area contributed by atoms with Crippen molar-refractivity contribution in [3.8, 4) is 0 Å². The number of anilines is 1. The van der Waals surface area contributed by atoms with Crippen LogP contribution in [0.2, 0.25) is 0 Å². The summed E-state index contributed by atoms with van der Waals surface area (Å²) >= 11 is 1.79. The molecule has 0 atom stereocenters. The summed E-state index contributed by atoms with van der Waals surface area (Å²) in [7, 11) is 0. The molecule has 0 heterocycles. The highest BCUT2D eigenvalue weighted by Gasteiger charge is 2.20. The van der Waals surface area contributed by atoms with Gasteiger partial charge in [-0.05, 0) is 62.8 Å². The molecular weight excluding hydrogens is 449 g/mol. The van der Waals surface area contributed by atoms with Crippen molar-refractivity contribution in [2.45, 2.75) is 6.92 Å². The van der Waals surface area contributed by atoms with E-state index in [0.29, 0.717) is 16.8 Å². The summed E-state index contributed by atoms with van der Waals surface area (Å²) < 4.78 is -0.0737. The molecule has 4 heteroatoms. The highest BCUT2D eigenvalue weighted by atomic mass is 127. The van der Waals surface area contributed by atoms with Crippen LogP contribution in [-0.2, 0) is 0 Å². The van der Waals surface area contributed by atoms with Crippen LogP contribution in [0.3, 0.4) is 0 Å². The number of rotatable bonds is 2. The number of hydrogen-bond donors (Lipinski definition) is 1. The van der Waals surface area contributed by atoms with Gasteiger partial charge in [0.1, 0.15) is 0 Å². The molecule has 0 saturated heterocycles. The molecule has 0 amide bonds. The predicted octanol–water partition coefficient (Wildman–Crippen LogP) is 6.10. The molecule has 0 spiro atoms. The number of Topliss-reactive ketones (excluding diaryl/α,β-unsaturated/α-hetero) is 1. The highest BCUT2D eigenvalue weighted by Crippen LogP contribution is 2.43. The van der Waals surface area contributed by atoms with E-state index in [1.165, 1.54) is 0 Å². The molecule has 0 aliphatic carbocycles. The summed E-state index contributed by atoms with van der Waals surface area (Å²) in [6.07, 6.45) is 0. The second kappa shape index (κ2) is 5.63. The van der Waals surface area contributed by atoms with E-state index in [0.717, 1.165) is 43.1 Å². The third-order valence-corrected chi connectivity index (χ3v) is 5.91. The minimum atomic E-state index is -0.0737. The van der Waals surface area contributed by atoms with Gasteiger partial charge in [-0.15, -0.1) is 0 Å². The molecule has 5 aromatic carbocycles. The van der Waals surface area contributed by atoms with Gasteiger partial charge in [0.15, 0.2) is 5.78 Å². The third-order valence-electron chi connectivity index (χ3n) is 5.33. The van der Waals surface area contributed by atoms with Crippen molar-refractivity contribution in [2.75, 3.05) is 5.73 Å². The quantitative estimate of drug-likeness (QED) is 0.0860. The van der Waals surface area contributed by atoms with Crippen molar-refractivity contribution < 1.29 is 9.59 Å². The second-order valence-electron chi connectivity index (χ2n) is 6.87. The lowest BCUT2D eigenvalue weighted by molar-refractivity contribution is 0.101. The molecule has 0 aliphatic heterocycles. The van der Waals surface area contributed by atoms with Crippen LogP contribution in [0.25, 0.3) is 43.1 Å². The van der Waals surface area contributed by atoms with Crippen LogP contribution in [0.15, 0.2) is 54.6 Å². The van der Waals surface area contributed by atoms with E-state index in [1.54, 1.807) is 29.5 Å². The molecule has 0 bridgehead atoms. The average Bonchev–Trinajstić information content (AvgIpc) is 2.64. The number of halogens is 1. The predicted molar refractivity (Wildman–Crippen MR) is 120 cm³/mol. The lowest BCUT2D eigenvalue weighted by Crippen LogP contribution is -2.01. The molecule has 5 rings (SSSR count). The third kappa shape index (κ3) is 2.19. The Bertz CT molecular complexity index is 1420. The summed E-state index contributed by atoms with van der Waals surface area (Å²) in [5.41, 5.74) is 8.02.